The number of hydrogen-bond acceptors (Lipinski definition) is 3. The van der Waals surface area contributed by atoms with Crippen molar-refractivity contribution in [3.8, 4) is 0 Å². The molecule has 1 N–H and O–H groups in total. The molecule has 1 aromatic heterocycles. The first-order valence-electron chi connectivity index (χ1n) is 9.43. The fraction of sp³-hybridized carbons (Fsp3) is 0.261. The van der Waals surface area contributed by atoms with Crippen LogP contribution < -0.4 is 0 Å². The highest BCUT2D eigenvalue weighted by Crippen LogP contribution is 2.57. The molecule has 0 spiro atoms. The lowest BCUT2D eigenvalue weighted by Gasteiger charge is -2.41. The van der Waals surface area contributed by atoms with Crippen LogP contribution in [0, 0.1) is 6.92 Å². The molecule has 0 radical (unpaired) electrons. The van der Waals surface area contributed by atoms with Gasteiger partial charge in [0.25, 0.3) is 0 Å². The summed E-state index contributed by atoms with van der Waals surface area (Å²) in [5.41, 5.74) is 1.69. The summed E-state index contributed by atoms with van der Waals surface area (Å²) in [5, 5.41) is 16.7. The summed E-state index contributed by atoms with van der Waals surface area (Å²) in [4.78, 5) is 0. The summed E-state index contributed by atoms with van der Waals surface area (Å²) in [5.74, 6) is -0.980. The maximum absolute atomic E-state index is 11.8. The lowest BCUT2D eigenvalue weighted by molar-refractivity contribution is -0.192. The molecule has 0 saturated carbocycles. The second-order valence-corrected chi connectivity index (χ2v) is 7.49. The van der Waals surface area contributed by atoms with Gasteiger partial charge in [-0.2, -0.15) is 5.10 Å². The van der Waals surface area contributed by atoms with E-state index in [1.807, 2.05) is 86.8 Å². The van der Waals surface area contributed by atoms with Crippen molar-refractivity contribution in [2.75, 3.05) is 0 Å². The van der Waals surface area contributed by atoms with Crippen molar-refractivity contribution in [1.82, 2.24) is 9.78 Å². The second kappa shape index (κ2) is 7.12. The molecule has 1 atom stereocenters. The predicted molar refractivity (Wildman–Crippen MR) is 110 cm³/mol. The van der Waals surface area contributed by atoms with Crippen LogP contribution in [0.2, 0.25) is 0 Å². The van der Waals surface area contributed by atoms with E-state index in [4.69, 9.17) is 16.3 Å². The van der Waals surface area contributed by atoms with Gasteiger partial charge in [-0.3, -0.25) is 4.68 Å². The number of benzene rings is 2. The predicted octanol–water partition coefficient (Wildman–Crippen LogP) is 4.76. The molecule has 28 heavy (non-hydrogen) atoms. The van der Waals surface area contributed by atoms with Crippen molar-refractivity contribution < 1.29 is 9.84 Å². The summed E-state index contributed by atoms with van der Waals surface area (Å²) in [6.07, 6.45) is 2.25. The van der Waals surface area contributed by atoms with E-state index in [1.165, 1.54) is 0 Å². The zero-order valence-electron chi connectivity index (χ0n) is 16.0. The standard InChI is InChI=1S/C23H23ClN2O2/c1-3-22(27)23(18-10-6-4-7-11-18,19-12-8-5-9-13-19)21(24)20(28-22)16-26-15-14-17(2)25-26/h4-15,27H,3,16H2,1-2H3. The largest absolute Gasteiger partial charge is 0.462 e. The van der Waals surface area contributed by atoms with Gasteiger partial charge < -0.3 is 9.84 Å². The Bertz CT molecular complexity index is 958. The van der Waals surface area contributed by atoms with Crippen LogP contribution in [0.1, 0.15) is 30.2 Å². The molecule has 5 heteroatoms. The van der Waals surface area contributed by atoms with E-state index < -0.39 is 11.2 Å². The van der Waals surface area contributed by atoms with Crippen molar-refractivity contribution in [3.63, 3.8) is 0 Å². The average molecular weight is 395 g/mol. The molecule has 1 aliphatic heterocycles. The van der Waals surface area contributed by atoms with Crippen LogP contribution in [0.4, 0.5) is 0 Å². The van der Waals surface area contributed by atoms with Gasteiger partial charge in [0.2, 0.25) is 5.79 Å². The van der Waals surface area contributed by atoms with E-state index in [0.29, 0.717) is 23.8 Å². The summed E-state index contributed by atoms with van der Waals surface area (Å²) in [6, 6.07) is 21.6. The van der Waals surface area contributed by atoms with Gasteiger partial charge in [-0.15, -0.1) is 0 Å². The number of ether oxygens (including phenoxy) is 1. The van der Waals surface area contributed by atoms with Gasteiger partial charge in [-0.05, 0) is 24.1 Å². The van der Waals surface area contributed by atoms with Crippen LogP contribution in [-0.4, -0.2) is 20.7 Å². The van der Waals surface area contributed by atoms with Crippen LogP contribution in [0.5, 0.6) is 0 Å². The number of hydrogen-bond donors (Lipinski definition) is 1. The number of rotatable bonds is 5. The summed E-state index contributed by atoms with van der Waals surface area (Å²) < 4.78 is 7.96. The van der Waals surface area contributed by atoms with Crippen molar-refractivity contribution in [2.24, 2.45) is 0 Å². The van der Waals surface area contributed by atoms with Crippen molar-refractivity contribution in [3.05, 3.63) is 101 Å². The molecule has 4 nitrogen and oxygen atoms in total. The Morgan fingerprint density at radius 2 is 1.57 bits per heavy atom. The lowest BCUT2D eigenvalue weighted by atomic mass is 9.68. The molecule has 0 bridgehead atoms. The van der Waals surface area contributed by atoms with E-state index >= 15 is 0 Å². The molecule has 4 rings (SSSR count). The van der Waals surface area contributed by atoms with Crippen LogP contribution in [-0.2, 0) is 16.7 Å². The Balaban J connectivity index is 1.95. The van der Waals surface area contributed by atoms with E-state index in [1.54, 1.807) is 4.68 Å². The third-order valence-electron chi connectivity index (χ3n) is 5.42. The van der Waals surface area contributed by atoms with Gasteiger partial charge in [-0.1, -0.05) is 79.2 Å². The molecule has 0 saturated heterocycles. The van der Waals surface area contributed by atoms with Gasteiger partial charge in [-0.25, -0.2) is 0 Å². The van der Waals surface area contributed by atoms with E-state index in [9.17, 15) is 5.11 Å². The monoisotopic (exact) mass is 394 g/mol. The molecule has 0 fully saturated rings. The van der Waals surface area contributed by atoms with Gasteiger partial charge in [0.1, 0.15) is 11.2 Å². The van der Waals surface area contributed by atoms with Crippen molar-refractivity contribution >= 4 is 11.6 Å². The highest BCUT2D eigenvalue weighted by atomic mass is 35.5. The molecule has 1 unspecified atom stereocenters. The highest BCUT2D eigenvalue weighted by Gasteiger charge is 2.61. The van der Waals surface area contributed by atoms with Gasteiger partial charge in [0.15, 0.2) is 0 Å². The number of aryl methyl sites for hydroxylation is 1. The normalized spacial score (nSPS) is 21.0. The Morgan fingerprint density at radius 1 is 1.00 bits per heavy atom. The molecule has 2 aromatic carbocycles. The number of aromatic nitrogens is 2. The number of allylic oxidation sites excluding steroid dienone is 1. The lowest BCUT2D eigenvalue weighted by Crippen LogP contribution is -2.50. The maximum atomic E-state index is 11.8. The molecule has 3 aromatic rings. The molecular weight excluding hydrogens is 372 g/mol. The second-order valence-electron chi connectivity index (χ2n) is 7.11. The molecule has 2 heterocycles. The van der Waals surface area contributed by atoms with E-state index in [0.717, 1.165) is 16.8 Å². The topological polar surface area (TPSA) is 47.3 Å². The van der Waals surface area contributed by atoms with E-state index in [2.05, 4.69) is 5.10 Å². The summed E-state index contributed by atoms with van der Waals surface area (Å²) in [6.45, 7) is 4.20. The molecule has 144 valence electrons. The quantitative estimate of drug-likeness (QED) is 0.678. The van der Waals surface area contributed by atoms with Crippen LogP contribution in [0.25, 0.3) is 0 Å². The fourth-order valence-electron chi connectivity index (χ4n) is 4.09. The Morgan fingerprint density at radius 3 is 2.04 bits per heavy atom. The van der Waals surface area contributed by atoms with Crippen LogP contribution in [0.15, 0.2) is 83.7 Å². The third kappa shape index (κ3) is 2.76. The minimum atomic E-state index is -1.51. The Hall–Kier alpha value is -2.56. The maximum Gasteiger partial charge on any atom is 0.226 e. The summed E-state index contributed by atoms with van der Waals surface area (Å²) in [7, 11) is 0. The summed E-state index contributed by atoms with van der Waals surface area (Å²) >= 11 is 7.04. The van der Waals surface area contributed by atoms with Crippen LogP contribution in [0.3, 0.4) is 0 Å². The minimum absolute atomic E-state index is 0.358. The minimum Gasteiger partial charge on any atom is -0.462 e. The first-order valence-corrected chi connectivity index (χ1v) is 9.80. The fourth-order valence-corrected chi connectivity index (χ4v) is 4.55. The zero-order chi connectivity index (χ0) is 19.8. The Labute approximate surface area is 170 Å². The van der Waals surface area contributed by atoms with Crippen LogP contribution >= 0.6 is 11.6 Å². The molecule has 0 amide bonds. The highest BCUT2D eigenvalue weighted by molar-refractivity contribution is 6.32. The van der Waals surface area contributed by atoms with Crippen molar-refractivity contribution in [1.29, 1.82) is 0 Å². The molecular formula is C23H23ClN2O2. The SMILES string of the molecule is CCC1(O)OC(Cn2ccc(C)n2)=C(Cl)C1(c1ccccc1)c1ccccc1. The molecule has 0 aliphatic carbocycles. The van der Waals surface area contributed by atoms with Gasteiger partial charge >= 0.3 is 0 Å². The number of aliphatic hydroxyl groups is 1. The zero-order valence-corrected chi connectivity index (χ0v) is 16.7. The van der Waals surface area contributed by atoms with Crippen molar-refractivity contribution in [2.45, 2.75) is 38.0 Å². The first kappa shape index (κ1) is 18.8. The van der Waals surface area contributed by atoms with E-state index in [-0.39, 0.29) is 0 Å². The van der Waals surface area contributed by atoms with Gasteiger partial charge in [0, 0.05) is 12.6 Å². The molecule has 1 aliphatic rings. The number of halogens is 1. The number of nitrogens with zero attached hydrogens (tertiary/aromatic N) is 2. The third-order valence-corrected chi connectivity index (χ3v) is 5.92. The smallest absolute Gasteiger partial charge is 0.226 e. The first-order chi connectivity index (χ1) is 13.5. The average Bonchev–Trinajstić information content (AvgIpc) is 3.23. The Kier molecular flexibility index (Phi) is 4.77. The van der Waals surface area contributed by atoms with Gasteiger partial charge in [0.05, 0.1) is 17.3 Å².